The minimum atomic E-state index is -3.59. The molecule has 0 saturated heterocycles. The Morgan fingerprint density at radius 2 is 1.69 bits per heavy atom. The van der Waals surface area contributed by atoms with E-state index in [1.165, 1.54) is 0 Å². The van der Waals surface area contributed by atoms with Crippen LogP contribution in [0, 0.1) is 13.8 Å². The van der Waals surface area contributed by atoms with Crippen molar-refractivity contribution < 1.29 is 13.2 Å². The standard InChI is InChI=1S/C23H30N2O3S/c1-7-18(23(26)25-29(6,27)28)14-20-12-17(5)22(13-16(20)4)19-8-10-21(11-9-19)24-15(2)3/h8-15,24H,7H2,1-6H3,(H,25,26). The van der Waals surface area contributed by atoms with Gasteiger partial charge < -0.3 is 5.32 Å². The van der Waals surface area contributed by atoms with Crippen LogP contribution >= 0.6 is 0 Å². The van der Waals surface area contributed by atoms with Crippen molar-refractivity contribution in [2.24, 2.45) is 0 Å². The molecular weight excluding hydrogens is 384 g/mol. The van der Waals surface area contributed by atoms with E-state index in [-0.39, 0.29) is 0 Å². The number of aryl methyl sites for hydroxylation is 2. The smallest absolute Gasteiger partial charge is 0.260 e. The van der Waals surface area contributed by atoms with E-state index in [2.05, 4.69) is 49.5 Å². The molecule has 0 aliphatic rings. The summed E-state index contributed by atoms with van der Waals surface area (Å²) in [4.78, 5) is 12.2. The first-order valence-corrected chi connectivity index (χ1v) is 11.6. The summed E-state index contributed by atoms with van der Waals surface area (Å²) in [6.45, 7) is 10.1. The van der Waals surface area contributed by atoms with Crippen molar-refractivity contribution >= 4 is 27.7 Å². The van der Waals surface area contributed by atoms with E-state index < -0.39 is 15.9 Å². The molecule has 0 spiro atoms. The summed E-state index contributed by atoms with van der Waals surface area (Å²) >= 11 is 0. The van der Waals surface area contributed by atoms with Crippen molar-refractivity contribution in [3.8, 4) is 11.1 Å². The highest BCUT2D eigenvalue weighted by atomic mass is 32.2. The lowest BCUT2D eigenvalue weighted by molar-refractivity contribution is -0.115. The normalized spacial score (nSPS) is 12.2. The topological polar surface area (TPSA) is 75.3 Å². The van der Waals surface area contributed by atoms with Crippen LogP contribution in [-0.4, -0.2) is 26.6 Å². The first-order valence-electron chi connectivity index (χ1n) is 9.71. The number of carbonyl (C=O) groups excluding carboxylic acids is 1. The molecule has 0 radical (unpaired) electrons. The number of amides is 1. The predicted octanol–water partition coefficient (Wildman–Crippen LogP) is 4.66. The number of carbonyl (C=O) groups is 1. The van der Waals surface area contributed by atoms with Gasteiger partial charge in [0, 0.05) is 17.3 Å². The highest BCUT2D eigenvalue weighted by Crippen LogP contribution is 2.29. The number of anilines is 1. The third-order valence-electron chi connectivity index (χ3n) is 4.54. The number of sulfonamides is 1. The van der Waals surface area contributed by atoms with E-state index in [0.29, 0.717) is 18.0 Å². The minimum Gasteiger partial charge on any atom is -0.383 e. The van der Waals surface area contributed by atoms with Crippen molar-refractivity contribution in [3.05, 3.63) is 58.7 Å². The molecule has 156 valence electrons. The third-order valence-corrected chi connectivity index (χ3v) is 5.10. The largest absolute Gasteiger partial charge is 0.383 e. The summed E-state index contributed by atoms with van der Waals surface area (Å²) in [6.07, 6.45) is 3.18. The van der Waals surface area contributed by atoms with Gasteiger partial charge in [-0.15, -0.1) is 0 Å². The second-order valence-corrected chi connectivity index (χ2v) is 9.38. The molecule has 0 aromatic heterocycles. The van der Waals surface area contributed by atoms with Crippen molar-refractivity contribution in [1.29, 1.82) is 0 Å². The van der Waals surface area contributed by atoms with E-state index in [9.17, 15) is 13.2 Å². The Bertz CT molecular complexity index is 1020. The molecule has 5 nitrogen and oxygen atoms in total. The van der Waals surface area contributed by atoms with E-state index in [1.54, 1.807) is 6.08 Å². The van der Waals surface area contributed by atoms with Gasteiger partial charge >= 0.3 is 0 Å². The third kappa shape index (κ3) is 6.46. The average Bonchev–Trinajstić information content (AvgIpc) is 2.60. The van der Waals surface area contributed by atoms with Gasteiger partial charge in [0.05, 0.1) is 6.26 Å². The summed E-state index contributed by atoms with van der Waals surface area (Å²) < 4.78 is 24.8. The van der Waals surface area contributed by atoms with Crippen molar-refractivity contribution in [2.75, 3.05) is 11.6 Å². The number of nitrogens with one attached hydrogen (secondary N) is 2. The Labute approximate surface area is 174 Å². The lowest BCUT2D eigenvalue weighted by atomic mass is 9.93. The molecule has 2 N–H and O–H groups in total. The van der Waals surface area contributed by atoms with E-state index in [4.69, 9.17) is 0 Å². The molecule has 0 fully saturated rings. The Morgan fingerprint density at radius 1 is 1.07 bits per heavy atom. The second-order valence-electron chi connectivity index (χ2n) is 7.63. The van der Waals surface area contributed by atoms with Crippen LogP contribution in [0.4, 0.5) is 5.69 Å². The fourth-order valence-electron chi connectivity index (χ4n) is 3.13. The molecule has 2 aromatic rings. The summed E-state index contributed by atoms with van der Waals surface area (Å²) in [5, 5.41) is 3.38. The number of rotatable bonds is 7. The second kappa shape index (κ2) is 9.27. The van der Waals surface area contributed by atoms with Gasteiger partial charge in [0.1, 0.15) is 0 Å². The fourth-order valence-corrected chi connectivity index (χ4v) is 3.60. The van der Waals surface area contributed by atoms with Gasteiger partial charge in [0.15, 0.2) is 0 Å². The minimum absolute atomic E-state index is 0.378. The maximum Gasteiger partial charge on any atom is 0.260 e. The van der Waals surface area contributed by atoms with Crippen molar-refractivity contribution in [3.63, 3.8) is 0 Å². The van der Waals surface area contributed by atoms with Gasteiger partial charge in [-0.05, 0) is 80.1 Å². The van der Waals surface area contributed by atoms with E-state index in [0.717, 1.165) is 39.8 Å². The fraction of sp³-hybridized carbons (Fsp3) is 0.348. The van der Waals surface area contributed by atoms with Crippen LogP contribution in [0.3, 0.4) is 0 Å². The number of hydrogen-bond donors (Lipinski definition) is 2. The first-order chi connectivity index (χ1) is 13.5. The van der Waals surface area contributed by atoms with Crippen LogP contribution in [0.1, 0.15) is 43.9 Å². The lowest BCUT2D eigenvalue weighted by Crippen LogP contribution is -2.30. The summed E-state index contributed by atoms with van der Waals surface area (Å²) in [6, 6.07) is 12.9. The van der Waals surface area contributed by atoms with Crippen LogP contribution in [0.15, 0.2) is 42.0 Å². The van der Waals surface area contributed by atoms with Gasteiger partial charge in [-0.2, -0.15) is 0 Å². The van der Waals surface area contributed by atoms with E-state index in [1.807, 2.05) is 31.6 Å². The molecule has 0 aliphatic heterocycles. The predicted molar refractivity (Wildman–Crippen MR) is 121 cm³/mol. The molecule has 0 bridgehead atoms. The first kappa shape index (κ1) is 22.7. The van der Waals surface area contributed by atoms with Gasteiger partial charge in [0.25, 0.3) is 5.91 Å². The quantitative estimate of drug-likeness (QED) is 0.646. The Morgan fingerprint density at radius 3 is 2.21 bits per heavy atom. The van der Waals surface area contributed by atoms with Crippen LogP contribution in [0.25, 0.3) is 17.2 Å². The van der Waals surface area contributed by atoms with Gasteiger partial charge in [0.2, 0.25) is 10.0 Å². The highest BCUT2D eigenvalue weighted by Gasteiger charge is 2.14. The molecule has 0 aliphatic carbocycles. The molecule has 29 heavy (non-hydrogen) atoms. The molecule has 0 unspecified atom stereocenters. The van der Waals surface area contributed by atoms with Gasteiger partial charge in [-0.1, -0.05) is 31.2 Å². The zero-order valence-electron chi connectivity index (χ0n) is 18.0. The molecule has 2 aromatic carbocycles. The van der Waals surface area contributed by atoms with Crippen LogP contribution in [0.5, 0.6) is 0 Å². The summed E-state index contributed by atoms with van der Waals surface area (Å²) in [5.41, 5.74) is 6.79. The Balaban J connectivity index is 2.36. The maximum absolute atomic E-state index is 12.2. The number of hydrogen-bond acceptors (Lipinski definition) is 4. The molecule has 0 heterocycles. The van der Waals surface area contributed by atoms with Gasteiger partial charge in [-0.3, -0.25) is 4.79 Å². The highest BCUT2D eigenvalue weighted by molar-refractivity contribution is 7.89. The molecule has 0 atom stereocenters. The Kier molecular flexibility index (Phi) is 7.25. The molecule has 0 saturated carbocycles. The van der Waals surface area contributed by atoms with Crippen LogP contribution in [-0.2, 0) is 14.8 Å². The molecular formula is C23H30N2O3S. The summed E-state index contributed by atoms with van der Waals surface area (Å²) in [7, 11) is -3.59. The average molecular weight is 415 g/mol. The van der Waals surface area contributed by atoms with E-state index >= 15 is 0 Å². The van der Waals surface area contributed by atoms with Gasteiger partial charge in [-0.25, -0.2) is 13.1 Å². The zero-order chi connectivity index (χ0) is 21.8. The monoisotopic (exact) mass is 414 g/mol. The SMILES string of the molecule is CCC(=Cc1cc(C)c(-c2ccc(NC(C)C)cc2)cc1C)C(=O)NS(C)(=O)=O. The van der Waals surface area contributed by atoms with Crippen molar-refractivity contribution in [2.45, 2.75) is 47.1 Å². The zero-order valence-corrected chi connectivity index (χ0v) is 18.8. The maximum atomic E-state index is 12.2. The van der Waals surface area contributed by atoms with Crippen molar-refractivity contribution in [1.82, 2.24) is 4.72 Å². The number of benzene rings is 2. The summed E-state index contributed by atoms with van der Waals surface area (Å²) in [5.74, 6) is -0.579. The van der Waals surface area contributed by atoms with Crippen LogP contribution < -0.4 is 10.0 Å². The molecule has 1 amide bonds. The molecule has 6 heteroatoms. The lowest BCUT2D eigenvalue weighted by Gasteiger charge is -2.14. The van der Waals surface area contributed by atoms with Crippen LogP contribution in [0.2, 0.25) is 0 Å². The Hall–Kier alpha value is -2.60. The molecule has 2 rings (SSSR count).